The standard InChI is InChI=1S/C26H47N.BrH/c1-3-4-5-6-7-8-9-10-11-12-13-14-15-16-17-21-24-27(2)25-26-22-19-18-20-23-26;/h18-20,22-23H,3-17,21,24-25H2,1-2H3;1H. The summed E-state index contributed by atoms with van der Waals surface area (Å²) >= 11 is 0. The quantitative estimate of drug-likeness (QED) is 0.189. The van der Waals surface area contributed by atoms with Gasteiger partial charge in [-0.25, -0.2) is 0 Å². The van der Waals surface area contributed by atoms with Crippen molar-refractivity contribution >= 4 is 17.0 Å². The second-order valence-corrected chi connectivity index (χ2v) is 8.53. The summed E-state index contributed by atoms with van der Waals surface area (Å²) in [6, 6.07) is 10.8. The number of halogens is 1. The largest absolute Gasteiger partial charge is 0.302 e. The molecule has 1 nitrogen and oxygen atoms in total. The van der Waals surface area contributed by atoms with E-state index in [1.807, 2.05) is 0 Å². The fourth-order valence-electron chi connectivity index (χ4n) is 3.90. The van der Waals surface area contributed by atoms with Crippen LogP contribution in [0.3, 0.4) is 0 Å². The highest BCUT2D eigenvalue weighted by atomic mass is 79.9. The van der Waals surface area contributed by atoms with E-state index in [-0.39, 0.29) is 17.0 Å². The van der Waals surface area contributed by atoms with Crippen molar-refractivity contribution < 1.29 is 0 Å². The van der Waals surface area contributed by atoms with E-state index >= 15 is 0 Å². The van der Waals surface area contributed by atoms with E-state index in [4.69, 9.17) is 0 Å². The van der Waals surface area contributed by atoms with Crippen LogP contribution in [0.25, 0.3) is 0 Å². The van der Waals surface area contributed by atoms with E-state index in [1.54, 1.807) is 0 Å². The molecule has 0 amide bonds. The van der Waals surface area contributed by atoms with Gasteiger partial charge >= 0.3 is 0 Å². The third kappa shape index (κ3) is 17.7. The van der Waals surface area contributed by atoms with Gasteiger partial charge in [0.25, 0.3) is 0 Å². The third-order valence-electron chi connectivity index (χ3n) is 5.69. The van der Waals surface area contributed by atoms with Gasteiger partial charge in [0.2, 0.25) is 0 Å². The molecule has 0 unspecified atom stereocenters. The van der Waals surface area contributed by atoms with E-state index in [0.717, 1.165) is 6.54 Å². The summed E-state index contributed by atoms with van der Waals surface area (Å²) in [5.41, 5.74) is 1.43. The summed E-state index contributed by atoms with van der Waals surface area (Å²) in [4.78, 5) is 2.46. The topological polar surface area (TPSA) is 3.24 Å². The van der Waals surface area contributed by atoms with Gasteiger partial charge < -0.3 is 4.90 Å². The fourth-order valence-corrected chi connectivity index (χ4v) is 3.90. The number of benzene rings is 1. The summed E-state index contributed by atoms with van der Waals surface area (Å²) in [6.07, 6.45) is 23.1. The molecule has 0 aliphatic heterocycles. The molecule has 0 radical (unpaired) electrons. The molecule has 1 rings (SSSR count). The van der Waals surface area contributed by atoms with Crippen molar-refractivity contribution in [1.29, 1.82) is 0 Å². The minimum atomic E-state index is 0. The molecule has 0 heterocycles. The van der Waals surface area contributed by atoms with Crippen LogP contribution < -0.4 is 0 Å². The average Bonchev–Trinajstić information content (AvgIpc) is 2.68. The SMILES string of the molecule is Br.CCCCCCCCCCCCCCCCCCN(C)Cc1ccccc1. The zero-order valence-corrected chi connectivity index (χ0v) is 20.7. The first-order valence-electron chi connectivity index (χ1n) is 12.1. The van der Waals surface area contributed by atoms with Crippen LogP contribution >= 0.6 is 17.0 Å². The van der Waals surface area contributed by atoms with Gasteiger partial charge in [-0.2, -0.15) is 0 Å². The zero-order valence-electron chi connectivity index (χ0n) is 19.0. The van der Waals surface area contributed by atoms with Crippen LogP contribution in [0.5, 0.6) is 0 Å². The molecule has 0 aromatic heterocycles. The van der Waals surface area contributed by atoms with E-state index in [1.165, 1.54) is 115 Å². The van der Waals surface area contributed by atoms with Crippen molar-refractivity contribution in [3.63, 3.8) is 0 Å². The van der Waals surface area contributed by atoms with Crippen LogP contribution in [0, 0.1) is 0 Å². The zero-order chi connectivity index (χ0) is 19.4. The Labute approximate surface area is 187 Å². The maximum absolute atomic E-state index is 2.46. The van der Waals surface area contributed by atoms with Gasteiger partial charge in [0, 0.05) is 6.54 Å². The lowest BCUT2D eigenvalue weighted by Crippen LogP contribution is -2.18. The summed E-state index contributed by atoms with van der Waals surface area (Å²) in [7, 11) is 2.25. The summed E-state index contributed by atoms with van der Waals surface area (Å²) in [5, 5.41) is 0. The van der Waals surface area contributed by atoms with Gasteiger partial charge in [-0.15, -0.1) is 17.0 Å². The summed E-state index contributed by atoms with van der Waals surface area (Å²) < 4.78 is 0. The van der Waals surface area contributed by atoms with Crippen molar-refractivity contribution in [2.45, 2.75) is 116 Å². The van der Waals surface area contributed by atoms with Gasteiger partial charge in [-0.05, 0) is 25.6 Å². The maximum atomic E-state index is 2.46. The molecular formula is C26H48BrN. The van der Waals surface area contributed by atoms with Gasteiger partial charge in [0.1, 0.15) is 0 Å². The van der Waals surface area contributed by atoms with Crippen LogP contribution in [0.1, 0.15) is 115 Å². The Kier molecular flexibility index (Phi) is 21.1. The van der Waals surface area contributed by atoms with Gasteiger partial charge in [-0.1, -0.05) is 134 Å². The second-order valence-electron chi connectivity index (χ2n) is 8.53. The van der Waals surface area contributed by atoms with Crippen molar-refractivity contribution in [3.05, 3.63) is 35.9 Å². The minimum Gasteiger partial charge on any atom is -0.302 e. The van der Waals surface area contributed by atoms with Gasteiger partial charge in [-0.3, -0.25) is 0 Å². The second kappa shape index (κ2) is 21.4. The van der Waals surface area contributed by atoms with Crippen molar-refractivity contribution in [1.82, 2.24) is 4.90 Å². The van der Waals surface area contributed by atoms with Gasteiger partial charge in [0.05, 0.1) is 0 Å². The molecule has 0 saturated carbocycles. The third-order valence-corrected chi connectivity index (χ3v) is 5.69. The van der Waals surface area contributed by atoms with Crippen LogP contribution in [0.4, 0.5) is 0 Å². The minimum absolute atomic E-state index is 0. The number of nitrogens with zero attached hydrogens (tertiary/aromatic N) is 1. The van der Waals surface area contributed by atoms with Crippen molar-refractivity contribution in [2.75, 3.05) is 13.6 Å². The molecule has 0 bridgehead atoms. The molecule has 1 aromatic rings. The maximum Gasteiger partial charge on any atom is 0.0230 e. The predicted octanol–water partition coefficient (Wildman–Crippen LogP) is 8.96. The first-order valence-corrected chi connectivity index (χ1v) is 12.1. The Morgan fingerprint density at radius 2 is 0.964 bits per heavy atom. The predicted molar refractivity (Wildman–Crippen MR) is 133 cm³/mol. The van der Waals surface area contributed by atoms with E-state index < -0.39 is 0 Å². The number of hydrogen-bond acceptors (Lipinski definition) is 1. The Hall–Kier alpha value is -0.340. The van der Waals surface area contributed by atoms with Crippen LogP contribution in [-0.2, 0) is 6.54 Å². The van der Waals surface area contributed by atoms with E-state index in [2.05, 4.69) is 49.2 Å². The van der Waals surface area contributed by atoms with E-state index in [0.29, 0.717) is 0 Å². The highest BCUT2D eigenvalue weighted by Gasteiger charge is 2.00. The molecular weight excluding hydrogens is 406 g/mol. The van der Waals surface area contributed by atoms with Crippen molar-refractivity contribution in [2.24, 2.45) is 0 Å². The Balaban J connectivity index is 0.00000729. The molecule has 1 aromatic carbocycles. The molecule has 0 aliphatic carbocycles. The highest BCUT2D eigenvalue weighted by molar-refractivity contribution is 8.93. The molecule has 0 saturated heterocycles. The molecule has 0 atom stereocenters. The molecule has 0 N–H and O–H groups in total. The van der Waals surface area contributed by atoms with E-state index in [9.17, 15) is 0 Å². The lowest BCUT2D eigenvalue weighted by Gasteiger charge is -2.16. The van der Waals surface area contributed by atoms with Crippen LogP contribution in [-0.4, -0.2) is 18.5 Å². The van der Waals surface area contributed by atoms with Gasteiger partial charge in [0.15, 0.2) is 0 Å². The lowest BCUT2D eigenvalue weighted by molar-refractivity contribution is 0.316. The Morgan fingerprint density at radius 1 is 0.571 bits per heavy atom. The van der Waals surface area contributed by atoms with Crippen molar-refractivity contribution in [3.8, 4) is 0 Å². The lowest BCUT2D eigenvalue weighted by atomic mass is 10.0. The first kappa shape index (κ1) is 27.7. The molecule has 0 fully saturated rings. The smallest absolute Gasteiger partial charge is 0.0230 e. The first-order chi connectivity index (χ1) is 13.3. The highest BCUT2D eigenvalue weighted by Crippen LogP contribution is 2.14. The fraction of sp³-hybridized carbons (Fsp3) is 0.769. The molecule has 0 spiro atoms. The molecule has 2 heteroatoms. The van der Waals surface area contributed by atoms with Crippen LogP contribution in [0.2, 0.25) is 0 Å². The number of rotatable bonds is 19. The average molecular weight is 455 g/mol. The monoisotopic (exact) mass is 453 g/mol. The molecule has 164 valence electrons. The number of hydrogen-bond donors (Lipinski definition) is 0. The summed E-state index contributed by atoms with van der Waals surface area (Å²) in [5.74, 6) is 0. The summed E-state index contributed by atoms with van der Waals surface area (Å²) in [6.45, 7) is 4.61. The Morgan fingerprint density at radius 3 is 1.39 bits per heavy atom. The Bertz CT molecular complexity index is 406. The van der Waals surface area contributed by atoms with Crippen LogP contribution in [0.15, 0.2) is 30.3 Å². The molecule has 0 aliphatic rings. The molecule has 28 heavy (non-hydrogen) atoms. The normalized spacial score (nSPS) is 11.0. The number of unbranched alkanes of at least 4 members (excludes halogenated alkanes) is 15.